The van der Waals surface area contributed by atoms with Gasteiger partial charge in [0.2, 0.25) is 0 Å². The Labute approximate surface area is 84.9 Å². The molecule has 0 atom stereocenters. The molecule has 1 aromatic rings. The Morgan fingerprint density at radius 3 is 2.79 bits per heavy atom. The van der Waals surface area contributed by atoms with Crippen molar-refractivity contribution in [1.82, 2.24) is 4.98 Å². The molecule has 4 heteroatoms. The van der Waals surface area contributed by atoms with Gasteiger partial charge in [0.15, 0.2) is 0 Å². The fraction of sp³-hybridized carbons (Fsp3) is 0.500. The Morgan fingerprint density at radius 2 is 2.21 bits per heavy atom. The zero-order valence-corrected chi connectivity index (χ0v) is 8.95. The molecule has 0 saturated heterocycles. The van der Waals surface area contributed by atoms with E-state index in [1.54, 1.807) is 25.4 Å². The molecule has 0 radical (unpaired) electrons. The summed E-state index contributed by atoms with van der Waals surface area (Å²) in [5, 5.41) is 11.4. The molecule has 0 aliphatic rings. The molecule has 4 nitrogen and oxygen atoms in total. The van der Waals surface area contributed by atoms with Gasteiger partial charge < -0.3 is 15.2 Å². The van der Waals surface area contributed by atoms with Crippen LogP contribution in [0, 0.1) is 0 Å². The molecule has 0 aromatic carbocycles. The minimum atomic E-state index is 0.0250. The third-order valence-electron chi connectivity index (χ3n) is 1.35. The van der Waals surface area contributed by atoms with E-state index in [0.717, 1.165) is 5.82 Å². The Bertz CT molecular complexity index is 241. The predicted molar refractivity (Wildman–Crippen MR) is 57.7 cm³/mol. The van der Waals surface area contributed by atoms with Crippen molar-refractivity contribution >= 4 is 5.82 Å². The van der Waals surface area contributed by atoms with Gasteiger partial charge in [0.1, 0.15) is 18.2 Å². The first-order valence-corrected chi connectivity index (χ1v) is 4.74. The molecule has 1 heterocycles. The average Bonchev–Trinajstić information content (AvgIpc) is 2.29. The number of hydrogen-bond acceptors (Lipinski definition) is 4. The summed E-state index contributed by atoms with van der Waals surface area (Å²) in [7, 11) is 1.79. The number of aromatic nitrogens is 1. The van der Waals surface area contributed by atoms with Crippen molar-refractivity contribution < 1.29 is 9.84 Å². The minimum absolute atomic E-state index is 0.0250. The Kier molecular flexibility index (Phi) is 7.55. The molecular formula is C10H18N2O2. The molecule has 0 aliphatic heterocycles. The first-order chi connectivity index (χ1) is 6.86. The maximum Gasteiger partial charge on any atom is 0.129 e. The zero-order valence-electron chi connectivity index (χ0n) is 8.95. The maximum atomic E-state index is 8.50. The fourth-order valence-electron chi connectivity index (χ4n) is 0.801. The van der Waals surface area contributed by atoms with Gasteiger partial charge >= 0.3 is 0 Å². The highest BCUT2D eigenvalue weighted by Gasteiger charge is 1.94. The normalized spacial score (nSPS) is 8.57. The van der Waals surface area contributed by atoms with Crippen molar-refractivity contribution in [3.63, 3.8) is 0 Å². The van der Waals surface area contributed by atoms with E-state index in [0.29, 0.717) is 12.4 Å². The Morgan fingerprint density at radius 1 is 1.50 bits per heavy atom. The summed E-state index contributed by atoms with van der Waals surface area (Å²) in [6, 6.07) is 3.52. The van der Waals surface area contributed by atoms with E-state index in [1.807, 2.05) is 13.8 Å². The lowest BCUT2D eigenvalue weighted by Crippen LogP contribution is -2.02. The average molecular weight is 198 g/mol. The number of pyridine rings is 1. The Balaban J connectivity index is 0.000000791. The van der Waals surface area contributed by atoms with Crippen molar-refractivity contribution in [2.75, 3.05) is 25.6 Å². The third kappa shape index (κ3) is 4.67. The van der Waals surface area contributed by atoms with E-state index in [-0.39, 0.29) is 6.61 Å². The zero-order chi connectivity index (χ0) is 10.8. The van der Waals surface area contributed by atoms with Crippen LogP contribution in [-0.4, -0.2) is 30.4 Å². The van der Waals surface area contributed by atoms with Crippen LogP contribution in [0.2, 0.25) is 0 Å². The largest absolute Gasteiger partial charge is 0.491 e. The van der Waals surface area contributed by atoms with Gasteiger partial charge in [-0.2, -0.15) is 0 Å². The number of aliphatic hydroxyl groups is 1. The lowest BCUT2D eigenvalue weighted by molar-refractivity contribution is 0.201. The molecule has 1 aromatic heterocycles. The number of nitrogens with one attached hydrogen (secondary N) is 1. The molecule has 0 fully saturated rings. The number of anilines is 1. The number of aliphatic hydroxyl groups excluding tert-OH is 1. The molecule has 1 rings (SSSR count). The molecule has 2 N–H and O–H groups in total. The number of hydrogen-bond donors (Lipinski definition) is 2. The van der Waals surface area contributed by atoms with Gasteiger partial charge in [-0.1, -0.05) is 13.8 Å². The number of ether oxygens (including phenoxy) is 1. The topological polar surface area (TPSA) is 54.4 Å². The van der Waals surface area contributed by atoms with Crippen molar-refractivity contribution in [2.45, 2.75) is 13.8 Å². The van der Waals surface area contributed by atoms with Crippen LogP contribution >= 0.6 is 0 Å². The van der Waals surface area contributed by atoms with Crippen molar-refractivity contribution in [3.05, 3.63) is 18.3 Å². The lowest BCUT2D eigenvalue weighted by Gasteiger charge is -2.04. The van der Waals surface area contributed by atoms with Crippen LogP contribution in [0.5, 0.6) is 5.75 Å². The van der Waals surface area contributed by atoms with Crippen LogP contribution in [0.3, 0.4) is 0 Å². The smallest absolute Gasteiger partial charge is 0.129 e. The third-order valence-corrected chi connectivity index (χ3v) is 1.35. The van der Waals surface area contributed by atoms with Crippen molar-refractivity contribution in [3.8, 4) is 5.75 Å². The second-order valence-corrected chi connectivity index (χ2v) is 2.20. The van der Waals surface area contributed by atoms with Gasteiger partial charge in [-0.25, -0.2) is 4.98 Å². The molecule has 0 amide bonds. The first kappa shape index (κ1) is 12.7. The predicted octanol–water partition coefficient (Wildman–Crippen LogP) is 1.52. The fourth-order valence-corrected chi connectivity index (χ4v) is 0.801. The quantitative estimate of drug-likeness (QED) is 0.770. The summed E-state index contributed by atoms with van der Waals surface area (Å²) < 4.78 is 5.17. The molecule has 0 aliphatic carbocycles. The summed E-state index contributed by atoms with van der Waals surface area (Å²) in [5.74, 6) is 1.47. The summed E-state index contributed by atoms with van der Waals surface area (Å²) in [5.41, 5.74) is 0. The van der Waals surface area contributed by atoms with Crippen LogP contribution < -0.4 is 10.1 Å². The van der Waals surface area contributed by atoms with Crippen molar-refractivity contribution in [2.24, 2.45) is 0 Å². The highest BCUT2D eigenvalue weighted by atomic mass is 16.5. The van der Waals surface area contributed by atoms with E-state index >= 15 is 0 Å². The first-order valence-electron chi connectivity index (χ1n) is 4.74. The van der Waals surface area contributed by atoms with Gasteiger partial charge in [-0.05, 0) is 6.07 Å². The molecule has 0 unspecified atom stereocenters. The van der Waals surface area contributed by atoms with Crippen LogP contribution in [0.4, 0.5) is 5.82 Å². The summed E-state index contributed by atoms with van der Waals surface area (Å²) in [6.07, 6.45) is 1.65. The van der Waals surface area contributed by atoms with E-state index in [4.69, 9.17) is 9.84 Å². The van der Waals surface area contributed by atoms with Gasteiger partial charge in [0, 0.05) is 19.3 Å². The summed E-state index contributed by atoms with van der Waals surface area (Å²) in [6.45, 7) is 4.34. The Hall–Kier alpha value is -1.29. The van der Waals surface area contributed by atoms with E-state index in [2.05, 4.69) is 10.3 Å². The highest BCUT2D eigenvalue weighted by molar-refractivity contribution is 5.39. The minimum Gasteiger partial charge on any atom is -0.491 e. The molecule has 80 valence electrons. The monoisotopic (exact) mass is 198 g/mol. The SMILES string of the molecule is CC.CNc1cc(OCCO)ccn1. The van der Waals surface area contributed by atoms with Gasteiger partial charge in [-0.15, -0.1) is 0 Å². The van der Waals surface area contributed by atoms with E-state index in [9.17, 15) is 0 Å². The molecular weight excluding hydrogens is 180 g/mol. The summed E-state index contributed by atoms with van der Waals surface area (Å²) >= 11 is 0. The second kappa shape index (κ2) is 8.31. The number of rotatable bonds is 4. The standard InChI is InChI=1S/C8H12N2O2.C2H6/c1-9-8-6-7(2-3-10-8)12-5-4-11;1-2/h2-3,6,11H,4-5H2,1H3,(H,9,10);1-2H3. The van der Waals surface area contributed by atoms with Crippen LogP contribution in [0.25, 0.3) is 0 Å². The lowest BCUT2D eigenvalue weighted by atomic mass is 10.4. The van der Waals surface area contributed by atoms with Crippen LogP contribution in [-0.2, 0) is 0 Å². The van der Waals surface area contributed by atoms with Crippen LogP contribution in [0.15, 0.2) is 18.3 Å². The number of nitrogens with zero attached hydrogens (tertiary/aromatic N) is 1. The summed E-state index contributed by atoms with van der Waals surface area (Å²) in [4.78, 5) is 4.01. The molecule has 0 spiro atoms. The highest BCUT2D eigenvalue weighted by Crippen LogP contribution is 2.13. The van der Waals surface area contributed by atoms with E-state index in [1.165, 1.54) is 0 Å². The molecule has 0 bridgehead atoms. The van der Waals surface area contributed by atoms with Gasteiger partial charge in [0.25, 0.3) is 0 Å². The maximum absolute atomic E-state index is 8.50. The molecule has 14 heavy (non-hydrogen) atoms. The van der Waals surface area contributed by atoms with Gasteiger partial charge in [0.05, 0.1) is 6.61 Å². The van der Waals surface area contributed by atoms with Gasteiger partial charge in [-0.3, -0.25) is 0 Å². The molecule has 0 saturated carbocycles. The van der Waals surface area contributed by atoms with Crippen LogP contribution in [0.1, 0.15) is 13.8 Å². The second-order valence-electron chi connectivity index (χ2n) is 2.20. The van der Waals surface area contributed by atoms with E-state index < -0.39 is 0 Å². The van der Waals surface area contributed by atoms with Crippen molar-refractivity contribution in [1.29, 1.82) is 0 Å².